The number of amides is 1. The van der Waals surface area contributed by atoms with E-state index in [4.69, 9.17) is 4.89 Å². The molecule has 0 aliphatic carbocycles. The SMILES string of the molecule is COOCc1ccc(C)c(-c2cnc(NC(=O)c3ccncc3F)cn2)c1. The predicted octanol–water partition coefficient (Wildman–Crippen LogP) is 3.32. The minimum atomic E-state index is -0.703. The van der Waals surface area contributed by atoms with Gasteiger partial charge in [0.2, 0.25) is 0 Å². The summed E-state index contributed by atoms with van der Waals surface area (Å²) in [5.41, 5.74) is 3.35. The number of anilines is 1. The zero-order valence-electron chi connectivity index (χ0n) is 14.8. The zero-order valence-corrected chi connectivity index (χ0v) is 14.8. The van der Waals surface area contributed by atoms with Gasteiger partial charge >= 0.3 is 0 Å². The lowest BCUT2D eigenvalue weighted by atomic mass is 10.0. The summed E-state index contributed by atoms with van der Waals surface area (Å²) in [5, 5.41) is 2.51. The van der Waals surface area contributed by atoms with E-state index in [9.17, 15) is 9.18 Å². The first kappa shape index (κ1) is 18.6. The van der Waals surface area contributed by atoms with Crippen LogP contribution in [0.3, 0.4) is 0 Å². The van der Waals surface area contributed by atoms with Crippen molar-refractivity contribution in [2.45, 2.75) is 13.5 Å². The fourth-order valence-corrected chi connectivity index (χ4v) is 2.44. The molecule has 8 heteroatoms. The molecule has 0 radical (unpaired) electrons. The monoisotopic (exact) mass is 368 g/mol. The molecule has 1 aromatic carbocycles. The molecule has 2 aromatic heterocycles. The Bertz CT molecular complexity index is 948. The number of nitrogens with one attached hydrogen (secondary N) is 1. The van der Waals surface area contributed by atoms with Crippen molar-refractivity contribution in [3.8, 4) is 11.3 Å². The molecular formula is C19H17FN4O3. The van der Waals surface area contributed by atoms with Gasteiger partial charge in [-0.15, -0.1) is 0 Å². The van der Waals surface area contributed by atoms with Crippen molar-refractivity contribution in [1.29, 1.82) is 0 Å². The van der Waals surface area contributed by atoms with E-state index in [0.29, 0.717) is 12.3 Å². The van der Waals surface area contributed by atoms with Crippen molar-refractivity contribution < 1.29 is 19.0 Å². The molecule has 2 heterocycles. The number of aromatic nitrogens is 3. The lowest BCUT2D eigenvalue weighted by Gasteiger charge is -2.09. The molecule has 0 saturated carbocycles. The molecule has 3 aromatic rings. The Labute approximate surface area is 155 Å². The fourth-order valence-electron chi connectivity index (χ4n) is 2.44. The van der Waals surface area contributed by atoms with E-state index >= 15 is 0 Å². The van der Waals surface area contributed by atoms with Gasteiger partial charge in [-0.3, -0.25) is 14.8 Å². The highest BCUT2D eigenvalue weighted by atomic mass is 19.1. The van der Waals surface area contributed by atoms with E-state index in [1.165, 1.54) is 25.6 Å². The molecule has 0 aliphatic heterocycles. The van der Waals surface area contributed by atoms with Gasteiger partial charge in [0.15, 0.2) is 11.6 Å². The number of nitrogens with zero attached hydrogens (tertiary/aromatic N) is 3. The van der Waals surface area contributed by atoms with Crippen molar-refractivity contribution in [2.75, 3.05) is 12.4 Å². The highest BCUT2D eigenvalue weighted by Gasteiger charge is 2.13. The first-order chi connectivity index (χ1) is 13.1. The molecule has 1 N–H and O–H groups in total. The van der Waals surface area contributed by atoms with Crippen LogP contribution in [0, 0.1) is 12.7 Å². The molecule has 0 saturated heterocycles. The molecule has 0 atom stereocenters. The molecular weight excluding hydrogens is 351 g/mol. The van der Waals surface area contributed by atoms with Crippen LogP contribution in [-0.2, 0) is 16.4 Å². The average Bonchev–Trinajstić information content (AvgIpc) is 2.68. The Kier molecular flexibility index (Phi) is 5.80. The number of hydrogen-bond acceptors (Lipinski definition) is 6. The number of hydrogen-bond donors (Lipinski definition) is 1. The summed E-state index contributed by atoms with van der Waals surface area (Å²) in [5.74, 6) is -1.10. The summed E-state index contributed by atoms with van der Waals surface area (Å²) in [6, 6.07) is 7.11. The van der Waals surface area contributed by atoms with Gasteiger partial charge in [0.05, 0.1) is 37.0 Å². The molecule has 0 fully saturated rings. The Hall–Kier alpha value is -3.23. The van der Waals surface area contributed by atoms with E-state index in [-0.39, 0.29) is 11.4 Å². The summed E-state index contributed by atoms with van der Waals surface area (Å²) in [6.45, 7) is 2.27. The van der Waals surface area contributed by atoms with E-state index in [0.717, 1.165) is 22.9 Å². The third kappa shape index (κ3) is 4.49. The van der Waals surface area contributed by atoms with Crippen LogP contribution in [0.25, 0.3) is 11.3 Å². The van der Waals surface area contributed by atoms with Crippen LogP contribution < -0.4 is 5.32 Å². The molecule has 27 heavy (non-hydrogen) atoms. The van der Waals surface area contributed by atoms with E-state index in [2.05, 4.69) is 25.2 Å². The van der Waals surface area contributed by atoms with Crippen LogP contribution in [0.4, 0.5) is 10.2 Å². The van der Waals surface area contributed by atoms with Gasteiger partial charge < -0.3 is 5.32 Å². The van der Waals surface area contributed by atoms with Crippen molar-refractivity contribution in [1.82, 2.24) is 15.0 Å². The number of halogens is 1. The molecule has 138 valence electrons. The van der Waals surface area contributed by atoms with E-state index < -0.39 is 11.7 Å². The third-order valence-corrected chi connectivity index (χ3v) is 3.83. The molecule has 0 unspecified atom stereocenters. The summed E-state index contributed by atoms with van der Waals surface area (Å²) in [4.78, 5) is 33.8. The smallest absolute Gasteiger partial charge is 0.259 e. The van der Waals surface area contributed by atoms with E-state index in [1.54, 1.807) is 6.20 Å². The summed E-state index contributed by atoms with van der Waals surface area (Å²) in [7, 11) is 1.45. The van der Waals surface area contributed by atoms with Crippen LogP contribution in [-0.4, -0.2) is 28.0 Å². The highest BCUT2D eigenvalue weighted by Crippen LogP contribution is 2.23. The summed E-state index contributed by atoms with van der Waals surface area (Å²) in [6.07, 6.45) is 5.29. The Balaban J connectivity index is 1.77. The number of carbonyl (C=O) groups excluding carboxylic acids is 1. The quantitative estimate of drug-likeness (QED) is 0.531. The van der Waals surface area contributed by atoms with Gasteiger partial charge in [-0.1, -0.05) is 12.1 Å². The third-order valence-electron chi connectivity index (χ3n) is 3.83. The van der Waals surface area contributed by atoms with Crippen molar-refractivity contribution in [3.63, 3.8) is 0 Å². The summed E-state index contributed by atoms with van der Waals surface area (Å²) >= 11 is 0. The Morgan fingerprint density at radius 3 is 2.74 bits per heavy atom. The van der Waals surface area contributed by atoms with Crippen LogP contribution in [0.5, 0.6) is 0 Å². The van der Waals surface area contributed by atoms with Crippen molar-refractivity contribution >= 4 is 11.7 Å². The molecule has 1 amide bonds. The maximum atomic E-state index is 13.6. The largest absolute Gasteiger partial charge is 0.305 e. The van der Waals surface area contributed by atoms with Crippen LogP contribution in [0.15, 0.2) is 49.1 Å². The fraction of sp³-hybridized carbons (Fsp3) is 0.158. The maximum Gasteiger partial charge on any atom is 0.259 e. The zero-order chi connectivity index (χ0) is 19.2. The Morgan fingerprint density at radius 2 is 2.04 bits per heavy atom. The topological polar surface area (TPSA) is 86.2 Å². The first-order valence-corrected chi connectivity index (χ1v) is 8.07. The number of benzene rings is 1. The van der Waals surface area contributed by atoms with Crippen molar-refractivity contribution in [3.05, 3.63) is 71.6 Å². The predicted molar refractivity (Wildman–Crippen MR) is 96.2 cm³/mol. The first-order valence-electron chi connectivity index (χ1n) is 8.07. The number of carbonyl (C=O) groups is 1. The Morgan fingerprint density at radius 1 is 1.19 bits per heavy atom. The van der Waals surface area contributed by atoms with Crippen LogP contribution >= 0.6 is 0 Å². The second kappa shape index (κ2) is 8.43. The lowest BCUT2D eigenvalue weighted by molar-refractivity contribution is -0.282. The molecule has 0 aliphatic rings. The molecule has 0 bridgehead atoms. The lowest BCUT2D eigenvalue weighted by Crippen LogP contribution is -2.15. The molecule has 0 spiro atoms. The number of pyridine rings is 1. The van der Waals surface area contributed by atoms with Gasteiger partial charge in [0.1, 0.15) is 6.61 Å². The van der Waals surface area contributed by atoms with Crippen LogP contribution in [0.2, 0.25) is 0 Å². The summed E-state index contributed by atoms with van der Waals surface area (Å²) < 4.78 is 13.6. The second-order valence-corrected chi connectivity index (χ2v) is 5.67. The van der Waals surface area contributed by atoms with Gasteiger partial charge in [-0.05, 0) is 30.2 Å². The van der Waals surface area contributed by atoms with Crippen molar-refractivity contribution in [2.24, 2.45) is 0 Å². The maximum absolute atomic E-state index is 13.6. The second-order valence-electron chi connectivity index (χ2n) is 5.67. The minimum Gasteiger partial charge on any atom is -0.305 e. The van der Waals surface area contributed by atoms with E-state index in [1.807, 2.05) is 25.1 Å². The number of rotatable bonds is 6. The van der Waals surface area contributed by atoms with Gasteiger partial charge in [0, 0.05) is 11.8 Å². The van der Waals surface area contributed by atoms with Gasteiger partial charge in [-0.2, -0.15) is 0 Å². The minimum absolute atomic E-state index is 0.113. The standard InChI is InChI=1S/C19H17FN4O3/c1-12-3-4-13(11-27-26-2)7-15(12)17-9-23-18(10-22-17)24-19(25)14-5-6-21-8-16(14)20/h3-10H,11H2,1-2H3,(H,23,24,25). The number of aryl methyl sites for hydroxylation is 1. The average molecular weight is 368 g/mol. The molecule has 3 rings (SSSR count). The van der Waals surface area contributed by atoms with Gasteiger partial charge in [0.25, 0.3) is 5.91 Å². The normalized spacial score (nSPS) is 10.6. The van der Waals surface area contributed by atoms with Crippen LogP contribution in [0.1, 0.15) is 21.5 Å². The van der Waals surface area contributed by atoms with Gasteiger partial charge in [-0.25, -0.2) is 19.1 Å². The molecule has 7 nitrogen and oxygen atoms in total. The highest BCUT2D eigenvalue weighted by molar-refractivity contribution is 6.03.